The Bertz CT molecular complexity index is 568. The quantitative estimate of drug-likeness (QED) is 0.627. The summed E-state index contributed by atoms with van der Waals surface area (Å²) in [6.45, 7) is 0.189. The summed E-state index contributed by atoms with van der Waals surface area (Å²) in [6.07, 6.45) is 1.46. The van der Waals surface area contributed by atoms with Gasteiger partial charge in [-0.25, -0.2) is 9.07 Å². The Morgan fingerprint density at radius 1 is 1.53 bits per heavy atom. The highest BCUT2D eigenvalue weighted by atomic mass is 19.1. The SMILES string of the molecule is NCc1cn(-c2ccc([N+](=O)[O-])cc2F)nn1. The van der Waals surface area contributed by atoms with Crippen LogP contribution in [0.3, 0.4) is 0 Å². The highest BCUT2D eigenvalue weighted by Crippen LogP contribution is 2.19. The number of nitro groups is 1. The number of aromatic nitrogens is 3. The number of hydrogen-bond donors (Lipinski definition) is 1. The van der Waals surface area contributed by atoms with Crippen molar-refractivity contribution in [3.8, 4) is 5.69 Å². The molecule has 17 heavy (non-hydrogen) atoms. The fraction of sp³-hybridized carbons (Fsp3) is 0.111. The Labute approximate surface area is 94.8 Å². The first-order valence-corrected chi connectivity index (χ1v) is 4.67. The average molecular weight is 237 g/mol. The molecule has 2 rings (SSSR count). The zero-order valence-corrected chi connectivity index (χ0v) is 8.58. The van der Waals surface area contributed by atoms with Crippen LogP contribution in [0, 0.1) is 15.9 Å². The van der Waals surface area contributed by atoms with Crippen molar-refractivity contribution in [2.75, 3.05) is 0 Å². The van der Waals surface area contributed by atoms with E-state index in [2.05, 4.69) is 10.3 Å². The molecule has 0 spiro atoms. The predicted octanol–water partition coefficient (Wildman–Crippen LogP) is 0.773. The summed E-state index contributed by atoms with van der Waals surface area (Å²) in [6, 6.07) is 3.30. The second-order valence-corrected chi connectivity index (χ2v) is 3.25. The fourth-order valence-corrected chi connectivity index (χ4v) is 1.30. The number of halogens is 1. The van der Waals surface area contributed by atoms with Gasteiger partial charge in [-0.05, 0) is 6.07 Å². The highest BCUT2D eigenvalue weighted by molar-refractivity contribution is 5.41. The van der Waals surface area contributed by atoms with Crippen molar-refractivity contribution >= 4 is 5.69 Å². The third-order valence-electron chi connectivity index (χ3n) is 2.14. The predicted molar refractivity (Wildman–Crippen MR) is 55.9 cm³/mol. The zero-order valence-electron chi connectivity index (χ0n) is 8.58. The minimum Gasteiger partial charge on any atom is -0.325 e. The molecular weight excluding hydrogens is 229 g/mol. The third-order valence-corrected chi connectivity index (χ3v) is 2.14. The van der Waals surface area contributed by atoms with Crippen molar-refractivity contribution in [2.24, 2.45) is 5.73 Å². The van der Waals surface area contributed by atoms with Gasteiger partial charge in [-0.15, -0.1) is 5.10 Å². The van der Waals surface area contributed by atoms with Crippen LogP contribution in [0.4, 0.5) is 10.1 Å². The number of nitrogens with two attached hydrogens (primary N) is 1. The van der Waals surface area contributed by atoms with Gasteiger partial charge in [0.25, 0.3) is 5.69 Å². The second kappa shape index (κ2) is 4.26. The molecule has 7 nitrogen and oxygen atoms in total. The molecule has 1 aromatic heterocycles. The molecule has 1 heterocycles. The molecule has 0 radical (unpaired) electrons. The number of nitro benzene ring substituents is 1. The molecule has 0 unspecified atom stereocenters. The largest absolute Gasteiger partial charge is 0.325 e. The molecule has 2 N–H and O–H groups in total. The van der Waals surface area contributed by atoms with E-state index in [-0.39, 0.29) is 17.9 Å². The van der Waals surface area contributed by atoms with E-state index in [4.69, 9.17) is 5.73 Å². The Kier molecular flexibility index (Phi) is 2.79. The molecule has 2 aromatic rings. The Hall–Kier alpha value is -2.35. The van der Waals surface area contributed by atoms with Crippen molar-refractivity contribution in [1.82, 2.24) is 15.0 Å². The summed E-state index contributed by atoms with van der Waals surface area (Å²) in [7, 11) is 0. The van der Waals surface area contributed by atoms with E-state index < -0.39 is 10.7 Å². The molecule has 0 saturated carbocycles. The number of nitrogens with zero attached hydrogens (tertiary/aromatic N) is 4. The third kappa shape index (κ3) is 2.11. The lowest BCUT2D eigenvalue weighted by atomic mass is 10.2. The molecule has 0 saturated heterocycles. The van der Waals surface area contributed by atoms with Gasteiger partial charge in [0.05, 0.1) is 22.9 Å². The molecule has 1 aromatic carbocycles. The van der Waals surface area contributed by atoms with Gasteiger partial charge in [0.15, 0.2) is 5.82 Å². The van der Waals surface area contributed by atoms with Crippen LogP contribution in [0.5, 0.6) is 0 Å². The van der Waals surface area contributed by atoms with Gasteiger partial charge in [-0.3, -0.25) is 10.1 Å². The maximum absolute atomic E-state index is 13.6. The van der Waals surface area contributed by atoms with Crippen LogP contribution in [-0.2, 0) is 6.54 Å². The van der Waals surface area contributed by atoms with Gasteiger partial charge in [-0.1, -0.05) is 5.21 Å². The second-order valence-electron chi connectivity index (χ2n) is 3.25. The van der Waals surface area contributed by atoms with E-state index in [1.165, 1.54) is 23.0 Å². The van der Waals surface area contributed by atoms with Gasteiger partial charge in [0.1, 0.15) is 5.69 Å². The summed E-state index contributed by atoms with van der Waals surface area (Å²) < 4.78 is 14.8. The maximum atomic E-state index is 13.6. The first-order chi connectivity index (χ1) is 8.11. The molecule has 0 bridgehead atoms. The Morgan fingerprint density at radius 2 is 2.29 bits per heavy atom. The van der Waals surface area contributed by atoms with Crippen molar-refractivity contribution < 1.29 is 9.31 Å². The monoisotopic (exact) mass is 237 g/mol. The van der Waals surface area contributed by atoms with Crippen LogP contribution < -0.4 is 5.73 Å². The standard InChI is InChI=1S/C9H8FN5O2/c10-8-3-7(15(16)17)1-2-9(8)14-5-6(4-11)12-13-14/h1-3,5H,4,11H2. The topological polar surface area (TPSA) is 99.9 Å². The molecule has 0 aliphatic rings. The van der Waals surface area contributed by atoms with Gasteiger partial charge >= 0.3 is 0 Å². The van der Waals surface area contributed by atoms with E-state index in [0.29, 0.717) is 5.69 Å². The molecule has 88 valence electrons. The van der Waals surface area contributed by atoms with E-state index in [0.717, 1.165) is 6.07 Å². The van der Waals surface area contributed by atoms with Crippen molar-refractivity contribution in [2.45, 2.75) is 6.54 Å². The molecular formula is C9H8FN5O2. The Morgan fingerprint density at radius 3 is 2.82 bits per heavy atom. The van der Waals surface area contributed by atoms with E-state index in [9.17, 15) is 14.5 Å². The molecule has 0 fully saturated rings. The normalized spacial score (nSPS) is 10.5. The average Bonchev–Trinajstić information content (AvgIpc) is 2.77. The van der Waals surface area contributed by atoms with Crippen molar-refractivity contribution in [3.63, 3.8) is 0 Å². The number of hydrogen-bond acceptors (Lipinski definition) is 5. The zero-order chi connectivity index (χ0) is 12.4. The van der Waals surface area contributed by atoms with Crippen LogP contribution in [0.1, 0.15) is 5.69 Å². The molecule has 0 amide bonds. The van der Waals surface area contributed by atoms with Crippen LogP contribution in [-0.4, -0.2) is 19.9 Å². The lowest BCUT2D eigenvalue weighted by Crippen LogP contribution is -2.00. The summed E-state index contributed by atoms with van der Waals surface area (Å²) in [5.41, 5.74) is 5.62. The Balaban J connectivity index is 2.42. The maximum Gasteiger partial charge on any atom is 0.272 e. The summed E-state index contributed by atoms with van der Waals surface area (Å²) in [4.78, 5) is 9.77. The fourth-order valence-electron chi connectivity index (χ4n) is 1.30. The van der Waals surface area contributed by atoms with Gasteiger partial charge in [0.2, 0.25) is 0 Å². The van der Waals surface area contributed by atoms with Crippen molar-refractivity contribution in [1.29, 1.82) is 0 Å². The molecule has 0 atom stereocenters. The van der Waals surface area contributed by atoms with Gasteiger partial charge in [-0.2, -0.15) is 0 Å². The minimum absolute atomic E-state index is 0.0859. The molecule has 0 aliphatic carbocycles. The van der Waals surface area contributed by atoms with Gasteiger partial charge < -0.3 is 5.73 Å². The first kappa shape index (κ1) is 11.1. The smallest absolute Gasteiger partial charge is 0.272 e. The van der Waals surface area contributed by atoms with Gasteiger partial charge in [0, 0.05) is 12.6 Å². The van der Waals surface area contributed by atoms with E-state index >= 15 is 0 Å². The summed E-state index contributed by atoms with van der Waals surface area (Å²) >= 11 is 0. The lowest BCUT2D eigenvalue weighted by molar-refractivity contribution is -0.385. The van der Waals surface area contributed by atoms with E-state index in [1.807, 2.05) is 0 Å². The van der Waals surface area contributed by atoms with Crippen LogP contribution in [0.2, 0.25) is 0 Å². The van der Waals surface area contributed by atoms with E-state index in [1.54, 1.807) is 0 Å². The molecule has 8 heteroatoms. The summed E-state index contributed by atoms with van der Waals surface area (Å²) in [5, 5.41) is 17.8. The summed E-state index contributed by atoms with van der Waals surface area (Å²) in [5.74, 6) is -0.743. The molecule has 0 aliphatic heterocycles. The van der Waals surface area contributed by atoms with Crippen molar-refractivity contribution in [3.05, 3.63) is 46.0 Å². The van der Waals surface area contributed by atoms with Crippen LogP contribution in [0.15, 0.2) is 24.4 Å². The lowest BCUT2D eigenvalue weighted by Gasteiger charge is -2.01. The van der Waals surface area contributed by atoms with Crippen LogP contribution in [0.25, 0.3) is 5.69 Å². The highest BCUT2D eigenvalue weighted by Gasteiger charge is 2.12. The minimum atomic E-state index is -0.743. The first-order valence-electron chi connectivity index (χ1n) is 4.67. The number of benzene rings is 1. The van der Waals surface area contributed by atoms with Crippen LogP contribution >= 0.6 is 0 Å². The number of non-ortho nitro benzene ring substituents is 1. The number of rotatable bonds is 3.